The molecule has 0 aliphatic rings. The van der Waals surface area contributed by atoms with E-state index in [-0.39, 0.29) is 11.1 Å². The molecule has 0 fully saturated rings. The van der Waals surface area contributed by atoms with Crippen LogP contribution in [0, 0.1) is 0 Å². The highest BCUT2D eigenvalue weighted by molar-refractivity contribution is 6.41. The number of hydrogen-bond donors (Lipinski definition) is 3. The highest BCUT2D eigenvalue weighted by Crippen LogP contribution is 2.21. The van der Waals surface area contributed by atoms with Gasteiger partial charge in [-0.3, -0.25) is 4.79 Å². The van der Waals surface area contributed by atoms with E-state index in [1.807, 2.05) is 0 Å². The van der Waals surface area contributed by atoms with Crippen LogP contribution in [0.15, 0.2) is 18.6 Å². The van der Waals surface area contributed by atoms with Crippen molar-refractivity contribution >= 4 is 29.1 Å². The van der Waals surface area contributed by atoms with Crippen molar-refractivity contribution in [2.45, 2.75) is 6.54 Å². The molecule has 7 heteroatoms. The largest absolute Gasteiger partial charge is 0.347 e. The van der Waals surface area contributed by atoms with Gasteiger partial charge < -0.3 is 15.3 Å². The number of imidazole rings is 1. The van der Waals surface area contributed by atoms with Gasteiger partial charge in [-0.25, -0.2) is 4.98 Å². The number of nitrogens with zero attached hydrogens (tertiary/aromatic N) is 1. The molecule has 0 atom stereocenters. The molecule has 0 saturated heterocycles. The monoisotopic (exact) mass is 258 g/mol. The van der Waals surface area contributed by atoms with E-state index in [9.17, 15) is 4.79 Å². The summed E-state index contributed by atoms with van der Waals surface area (Å²) in [6.07, 6.45) is 3.18. The van der Waals surface area contributed by atoms with Gasteiger partial charge in [0.05, 0.1) is 23.6 Å². The maximum atomic E-state index is 11.6. The second kappa shape index (κ2) is 4.59. The number of aromatic nitrogens is 3. The Balaban J connectivity index is 1.98. The lowest BCUT2D eigenvalue weighted by Gasteiger charge is -2.00. The van der Waals surface area contributed by atoms with Crippen LogP contribution >= 0.6 is 23.2 Å². The van der Waals surface area contributed by atoms with Crippen molar-refractivity contribution in [1.29, 1.82) is 0 Å². The third kappa shape index (κ3) is 2.37. The third-order valence-corrected chi connectivity index (χ3v) is 2.66. The summed E-state index contributed by atoms with van der Waals surface area (Å²) < 4.78 is 0. The number of rotatable bonds is 3. The first kappa shape index (κ1) is 11.0. The molecule has 0 aliphatic carbocycles. The van der Waals surface area contributed by atoms with Gasteiger partial charge >= 0.3 is 0 Å². The Morgan fingerprint density at radius 1 is 1.50 bits per heavy atom. The number of amides is 1. The van der Waals surface area contributed by atoms with E-state index in [1.54, 1.807) is 12.5 Å². The minimum atomic E-state index is -0.275. The molecule has 2 aromatic rings. The summed E-state index contributed by atoms with van der Waals surface area (Å²) in [5.74, 6) is -0.275. The summed E-state index contributed by atoms with van der Waals surface area (Å²) in [6.45, 7) is 0.368. The van der Waals surface area contributed by atoms with Crippen LogP contribution in [-0.4, -0.2) is 20.9 Å². The maximum absolute atomic E-state index is 11.6. The van der Waals surface area contributed by atoms with Gasteiger partial charge in [-0.05, 0) is 6.07 Å². The fraction of sp³-hybridized carbons (Fsp3) is 0.111. The molecule has 3 N–H and O–H groups in total. The molecular formula is C9H8Cl2N4O. The number of halogens is 2. The molecule has 2 heterocycles. The van der Waals surface area contributed by atoms with E-state index < -0.39 is 0 Å². The second-order valence-corrected chi connectivity index (χ2v) is 3.89. The lowest BCUT2D eigenvalue weighted by molar-refractivity contribution is 0.0946. The number of carbonyl (C=O) groups is 1. The van der Waals surface area contributed by atoms with Gasteiger partial charge in [-0.15, -0.1) is 0 Å². The third-order valence-electron chi connectivity index (χ3n) is 1.96. The van der Waals surface area contributed by atoms with Crippen molar-refractivity contribution in [2.75, 3.05) is 0 Å². The van der Waals surface area contributed by atoms with Crippen molar-refractivity contribution in [1.82, 2.24) is 20.3 Å². The van der Waals surface area contributed by atoms with Crippen LogP contribution in [0.4, 0.5) is 0 Å². The Morgan fingerprint density at radius 2 is 2.31 bits per heavy atom. The van der Waals surface area contributed by atoms with Gasteiger partial charge in [-0.1, -0.05) is 23.2 Å². The Labute approximate surface area is 101 Å². The minimum Gasteiger partial charge on any atom is -0.347 e. The van der Waals surface area contributed by atoms with Gasteiger partial charge in [0.25, 0.3) is 5.91 Å². The Hall–Kier alpha value is -1.46. The lowest BCUT2D eigenvalue weighted by Crippen LogP contribution is -2.23. The van der Waals surface area contributed by atoms with E-state index in [4.69, 9.17) is 23.2 Å². The molecule has 0 saturated carbocycles. The molecule has 0 unspecified atom stereocenters. The summed E-state index contributed by atoms with van der Waals surface area (Å²) >= 11 is 11.4. The van der Waals surface area contributed by atoms with Crippen LogP contribution in [0.5, 0.6) is 0 Å². The van der Waals surface area contributed by atoms with Crippen molar-refractivity contribution in [3.63, 3.8) is 0 Å². The molecule has 0 aliphatic heterocycles. The van der Waals surface area contributed by atoms with E-state index in [0.29, 0.717) is 17.3 Å². The molecule has 0 spiro atoms. The first-order chi connectivity index (χ1) is 7.66. The smallest absolute Gasteiger partial charge is 0.268 e. The molecule has 0 bridgehead atoms. The highest BCUT2D eigenvalue weighted by atomic mass is 35.5. The van der Waals surface area contributed by atoms with E-state index >= 15 is 0 Å². The number of H-pyrrole nitrogens is 2. The maximum Gasteiger partial charge on any atom is 0.268 e. The minimum absolute atomic E-state index is 0.258. The highest BCUT2D eigenvalue weighted by Gasteiger charge is 2.11. The van der Waals surface area contributed by atoms with Crippen molar-refractivity contribution in [3.8, 4) is 0 Å². The normalized spacial score (nSPS) is 10.4. The Bertz CT molecular complexity index is 472. The van der Waals surface area contributed by atoms with E-state index in [0.717, 1.165) is 5.69 Å². The van der Waals surface area contributed by atoms with Gasteiger partial charge in [0.15, 0.2) is 0 Å². The first-order valence-corrected chi connectivity index (χ1v) is 5.22. The molecule has 0 radical (unpaired) electrons. The zero-order chi connectivity index (χ0) is 11.5. The average molecular weight is 259 g/mol. The zero-order valence-corrected chi connectivity index (χ0v) is 9.56. The lowest BCUT2D eigenvalue weighted by atomic mass is 10.4. The first-order valence-electron chi connectivity index (χ1n) is 4.46. The molecule has 5 nitrogen and oxygen atoms in total. The van der Waals surface area contributed by atoms with Gasteiger partial charge in [0.2, 0.25) is 0 Å². The number of hydrogen-bond acceptors (Lipinski definition) is 2. The number of aromatic amines is 2. The van der Waals surface area contributed by atoms with Gasteiger partial charge in [-0.2, -0.15) is 0 Å². The van der Waals surface area contributed by atoms with Crippen molar-refractivity contribution in [2.24, 2.45) is 0 Å². The van der Waals surface area contributed by atoms with Crippen LogP contribution in [0.1, 0.15) is 16.2 Å². The van der Waals surface area contributed by atoms with Crippen LogP contribution in [-0.2, 0) is 6.54 Å². The van der Waals surface area contributed by atoms with Crippen LogP contribution in [0.3, 0.4) is 0 Å². The Morgan fingerprint density at radius 3 is 2.88 bits per heavy atom. The van der Waals surface area contributed by atoms with Crippen LogP contribution in [0.2, 0.25) is 10.2 Å². The van der Waals surface area contributed by atoms with Crippen molar-refractivity contribution < 1.29 is 4.79 Å². The summed E-state index contributed by atoms with van der Waals surface area (Å²) in [6, 6.07) is 1.48. The quantitative estimate of drug-likeness (QED) is 0.788. The molecule has 1 amide bonds. The average Bonchev–Trinajstić information content (AvgIpc) is 2.86. The predicted molar refractivity (Wildman–Crippen MR) is 60.6 cm³/mol. The summed E-state index contributed by atoms with van der Waals surface area (Å²) in [7, 11) is 0. The predicted octanol–water partition coefficient (Wildman–Crippen LogP) is 1.97. The summed E-state index contributed by atoms with van der Waals surface area (Å²) in [4.78, 5) is 21.0. The van der Waals surface area contributed by atoms with Gasteiger partial charge in [0.1, 0.15) is 10.8 Å². The molecular weight excluding hydrogens is 251 g/mol. The second-order valence-electron chi connectivity index (χ2n) is 3.10. The molecule has 2 aromatic heterocycles. The Kier molecular flexibility index (Phi) is 3.17. The number of carbonyl (C=O) groups excluding carboxylic acids is 1. The van der Waals surface area contributed by atoms with E-state index in [1.165, 1.54) is 6.07 Å². The molecule has 2 rings (SSSR count). The topological polar surface area (TPSA) is 73.6 Å². The van der Waals surface area contributed by atoms with Crippen LogP contribution in [0.25, 0.3) is 0 Å². The number of nitrogens with one attached hydrogen (secondary N) is 3. The molecule has 16 heavy (non-hydrogen) atoms. The van der Waals surface area contributed by atoms with Crippen molar-refractivity contribution in [3.05, 3.63) is 40.2 Å². The standard InChI is InChI=1S/C9H8Cl2N4O/c10-6-1-7(15-8(6)11)9(16)13-3-5-2-12-4-14-5/h1-2,4,15H,3H2,(H,12,14)(H,13,16). The van der Waals surface area contributed by atoms with E-state index in [2.05, 4.69) is 20.3 Å². The molecule has 0 aromatic carbocycles. The van der Waals surface area contributed by atoms with Gasteiger partial charge in [0, 0.05) is 6.20 Å². The fourth-order valence-electron chi connectivity index (χ4n) is 1.18. The fourth-order valence-corrected chi connectivity index (χ4v) is 1.49. The summed E-state index contributed by atoms with van der Waals surface area (Å²) in [5.41, 5.74) is 1.15. The summed E-state index contributed by atoms with van der Waals surface area (Å²) in [5, 5.41) is 3.27. The molecule has 84 valence electrons. The SMILES string of the molecule is O=C(NCc1cnc[nH]1)c1cc(Cl)c(Cl)[nH]1. The van der Waals surface area contributed by atoms with Crippen LogP contribution < -0.4 is 5.32 Å². The zero-order valence-electron chi connectivity index (χ0n) is 8.05.